The Bertz CT molecular complexity index is 3720. The second kappa shape index (κ2) is 13.8. The van der Waals surface area contributed by atoms with Crippen LogP contribution in [0.1, 0.15) is 22.3 Å². The maximum Gasteiger partial charge on any atom is 0.227 e. The molecule has 0 N–H and O–H groups in total. The van der Waals surface area contributed by atoms with Gasteiger partial charge in [-0.25, -0.2) is 24.9 Å². The Morgan fingerprint density at radius 3 is 1.60 bits per heavy atom. The summed E-state index contributed by atoms with van der Waals surface area (Å²) in [6, 6.07) is 70.6. The lowest BCUT2D eigenvalue weighted by atomic mass is 9.70. The van der Waals surface area contributed by atoms with E-state index in [-0.39, 0.29) is 0 Å². The van der Waals surface area contributed by atoms with Crippen LogP contribution in [0, 0.1) is 0 Å². The monoisotopic (exact) mass is 847 g/mol. The zero-order chi connectivity index (χ0) is 42.6. The lowest BCUT2D eigenvalue weighted by molar-refractivity contribution is 0.620. The Kier molecular flexibility index (Phi) is 7.67. The first kappa shape index (κ1) is 36.1. The number of aromatic nitrogens is 5. The van der Waals surface area contributed by atoms with Gasteiger partial charge in [0.2, 0.25) is 5.89 Å². The normalized spacial score (nSPS) is 13.0. The molecule has 0 saturated heterocycles. The summed E-state index contributed by atoms with van der Waals surface area (Å²) in [4.78, 5) is 26.1. The highest BCUT2D eigenvalue weighted by Crippen LogP contribution is 2.63. The second-order valence-corrected chi connectivity index (χ2v) is 17.8. The molecule has 14 rings (SSSR count). The molecule has 2 aliphatic carbocycles. The van der Waals surface area contributed by atoms with Gasteiger partial charge in [-0.05, 0) is 110 Å². The first-order valence-electron chi connectivity index (χ1n) is 21.7. The topological polar surface area (TPSA) is 77.6 Å². The molecule has 0 bridgehead atoms. The third-order valence-corrected chi connectivity index (χ3v) is 14.3. The number of hydrogen-bond donors (Lipinski definition) is 0. The van der Waals surface area contributed by atoms with Crippen molar-refractivity contribution in [1.82, 2.24) is 24.9 Å². The van der Waals surface area contributed by atoms with Gasteiger partial charge in [-0.3, -0.25) is 0 Å². The van der Waals surface area contributed by atoms with E-state index in [1.54, 1.807) is 11.3 Å². The summed E-state index contributed by atoms with van der Waals surface area (Å²) in [7, 11) is 0. The SMILES string of the molecule is c1ccc2c(c1)-c1ccccc1C21c2ccccc2-c2ccc(-c3nc(-c4cc(-c5nc6ccccc6o5)cc(-c5nc6ccccc6s5)c4)nc(-c4ccc5ccccc5c4)n3)cc21. The summed E-state index contributed by atoms with van der Waals surface area (Å²) in [5.41, 5.74) is 16.4. The summed E-state index contributed by atoms with van der Waals surface area (Å²) < 4.78 is 7.52. The van der Waals surface area contributed by atoms with Gasteiger partial charge in [-0.2, -0.15) is 0 Å². The van der Waals surface area contributed by atoms with Gasteiger partial charge in [-0.1, -0.05) is 146 Å². The highest BCUT2D eigenvalue weighted by Gasteiger charge is 2.51. The van der Waals surface area contributed by atoms with E-state index in [0.717, 1.165) is 64.9 Å². The van der Waals surface area contributed by atoms with Crippen molar-refractivity contribution in [2.45, 2.75) is 5.41 Å². The van der Waals surface area contributed by atoms with Crippen molar-refractivity contribution in [3.63, 3.8) is 0 Å². The van der Waals surface area contributed by atoms with E-state index in [4.69, 9.17) is 29.3 Å². The van der Waals surface area contributed by atoms with E-state index in [0.29, 0.717) is 23.4 Å². The second-order valence-electron chi connectivity index (χ2n) is 16.8. The van der Waals surface area contributed by atoms with E-state index in [1.165, 1.54) is 44.5 Å². The molecule has 6 nitrogen and oxygen atoms in total. The number of fused-ring (bicyclic) bond motifs is 13. The summed E-state index contributed by atoms with van der Waals surface area (Å²) in [5, 5.41) is 3.15. The molecule has 0 saturated carbocycles. The van der Waals surface area contributed by atoms with E-state index in [9.17, 15) is 0 Å². The highest BCUT2D eigenvalue weighted by atomic mass is 32.1. The molecule has 7 heteroatoms. The Morgan fingerprint density at radius 2 is 0.892 bits per heavy atom. The Balaban J connectivity index is 1.01. The fraction of sp³-hybridized carbons (Fsp3) is 0.0172. The largest absolute Gasteiger partial charge is 0.436 e. The minimum absolute atomic E-state index is 0.508. The standard InChI is InChI=1S/C58H33N5OS/c1-2-14-35-29-36(26-25-34(35)13-1)53-61-54(37-27-28-44-43-17-5-8-20-47(43)58(48(44)33-37)45-18-6-3-15-41(45)42-16-4-7-19-46(42)58)63-55(62-53)38-30-39(56-59-49-21-9-11-23-51(49)64-56)32-40(31-38)57-60-50-22-10-12-24-52(50)65-57/h1-33H. The first-order chi connectivity index (χ1) is 32.2. The number of hydrogen-bond acceptors (Lipinski definition) is 7. The van der Waals surface area contributed by atoms with Crippen LogP contribution in [0.2, 0.25) is 0 Å². The molecule has 0 radical (unpaired) electrons. The number of oxazole rings is 1. The Morgan fingerprint density at radius 1 is 0.354 bits per heavy atom. The Labute approximate surface area is 377 Å². The van der Waals surface area contributed by atoms with Crippen LogP contribution in [0.15, 0.2) is 205 Å². The zero-order valence-corrected chi connectivity index (χ0v) is 35.4. The number of para-hydroxylation sites is 3. The van der Waals surface area contributed by atoms with Crippen molar-refractivity contribution in [2.75, 3.05) is 0 Å². The fourth-order valence-corrected chi connectivity index (χ4v) is 11.3. The average molecular weight is 848 g/mol. The maximum atomic E-state index is 6.41. The van der Waals surface area contributed by atoms with Gasteiger partial charge >= 0.3 is 0 Å². The molecule has 0 amide bonds. The van der Waals surface area contributed by atoms with Crippen LogP contribution >= 0.6 is 11.3 Å². The lowest BCUT2D eigenvalue weighted by Gasteiger charge is -2.30. The van der Waals surface area contributed by atoms with Crippen LogP contribution in [0.3, 0.4) is 0 Å². The fourth-order valence-electron chi connectivity index (χ4n) is 10.3. The quantitative estimate of drug-likeness (QED) is 0.172. The van der Waals surface area contributed by atoms with Crippen LogP contribution in [0.5, 0.6) is 0 Å². The average Bonchev–Trinajstić information content (AvgIpc) is 4.15. The van der Waals surface area contributed by atoms with Gasteiger partial charge in [0.25, 0.3) is 0 Å². The first-order valence-corrected chi connectivity index (χ1v) is 22.5. The van der Waals surface area contributed by atoms with Crippen LogP contribution in [0.25, 0.3) is 111 Å². The molecule has 12 aromatic rings. The summed E-state index contributed by atoms with van der Waals surface area (Å²) in [5.74, 6) is 2.22. The van der Waals surface area contributed by atoms with Gasteiger partial charge in [-0.15, -0.1) is 11.3 Å². The molecule has 0 fully saturated rings. The maximum absolute atomic E-state index is 6.41. The molecular formula is C58H33N5OS. The molecule has 0 aliphatic heterocycles. The molecule has 3 aromatic heterocycles. The van der Waals surface area contributed by atoms with E-state index in [2.05, 4.69) is 170 Å². The van der Waals surface area contributed by atoms with Gasteiger partial charge in [0.1, 0.15) is 10.5 Å². The number of thiazole rings is 1. The highest BCUT2D eigenvalue weighted by molar-refractivity contribution is 7.21. The summed E-state index contributed by atoms with van der Waals surface area (Å²) in [6.45, 7) is 0. The predicted molar refractivity (Wildman–Crippen MR) is 262 cm³/mol. The Hall–Kier alpha value is -8.39. The summed E-state index contributed by atoms with van der Waals surface area (Å²) in [6.07, 6.45) is 0. The van der Waals surface area contributed by atoms with E-state index >= 15 is 0 Å². The van der Waals surface area contributed by atoms with Crippen LogP contribution < -0.4 is 0 Å². The number of benzene rings is 9. The molecule has 302 valence electrons. The number of rotatable bonds is 5. The van der Waals surface area contributed by atoms with Crippen molar-refractivity contribution in [1.29, 1.82) is 0 Å². The van der Waals surface area contributed by atoms with E-state index < -0.39 is 5.41 Å². The third-order valence-electron chi connectivity index (χ3n) is 13.2. The van der Waals surface area contributed by atoms with Crippen molar-refractivity contribution in [3.05, 3.63) is 222 Å². The molecule has 0 unspecified atom stereocenters. The van der Waals surface area contributed by atoms with Crippen molar-refractivity contribution in [2.24, 2.45) is 0 Å². The van der Waals surface area contributed by atoms with Gasteiger partial charge < -0.3 is 4.42 Å². The minimum atomic E-state index is -0.508. The van der Waals surface area contributed by atoms with Crippen LogP contribution in [0.4, 0.5) is 0 Å². The smallest absolute Gasteiger partial charge is 0.227 e. The number of nitrogens with zero attached hydrogens (tertiary/aromatic N) is 5. The van der Waals surface area contributed by atoms with Crippen molar-refractivity contribution >= 4 is 43.4 Å². The van der Waals surface area contributed by atoms with E-state index in [1.807, 2.05) is 30.3 Å². The molecule has 65 heavy (non-hydrogen) atoms. The predicted octanol–water partition coefficient (Wildman–Crippen LogP) is 14.5. The van der Waals surface area contributed by atoms with Crippen LogP contribution in [-0.2, 0) is 5.41 Å². The molecule has 3 heterocycles. The zero-order valence-electron chi connectivity index (χ0n) is 34.6. The molecular weight excluding hydrogens is 815 g/mol. The lowest BCUT2D eigenvalue weighted by Crippen LogP contribution is -2.25. The van der Waals surface area contributed by atoms with Crippen molar-refractivity contribution < 1.29 is 4.42 Å². The van der Waals surface area contributed by atoms with Gasteiger partial charge in [0.05, 0.1) is 15.6 Å². The minimum Gasteiger partial charge on any atom is -0.436 e. The molecule has 2 aliphatic rings. The van der Waals surface area contributed by atoms with Crippen LogP contribution in [-0.4, -0.2) is 24.9 Å². The summed E-state index contributed by atoms with van der Waals surface area (Å²) >= 11 is 1.65. The van der Waals surface area contributed by atoms with Gasteiger partial charge in [0.15, 0.2) is 23.1 Å². The van der Waals surface area contributed by atoms with Crippen molar-refractivity contribution in [3.8, 4) is 78.4 Å². The molecule has 9 aromatic carbocycles. The van der Waals surface area contributed by atoms with Gasteiger partial charge in [0, 0.05) is 27.8 Å². The third kappa shape index (κ3) is 5.43. The molecule has 0 atom stereocenters. The molecule has 1 spiro atoms.